The van der Waals surface area contributed by atoms with Gasteiger partial charge in [0.1, 0.15) is 5.75 Å². The maximum atomic E-state index is 10.9. The Balaban J connectivity index is 2.37. The van der Waals surface area contributed by atoms with Crippen molar-refractivity contribution in [2.75, 3.05) is 6.61 Å². The minimum absolute atomic E-state index is 0.138. The Labute approximate surface area is 102 Å². The highest BCUT2D eigenvalue weighted by atomic mass is 79.9. The smallest absolute Gasteiger partial charge is 0.329 e. The van der Waals surface area contributed by atoms with Crippen LogP contribution in [0.5, 0.6) is 5.75 Å². The number of benzene rings is 1. The molecule has 1 rings (SSSR count). The molecule has 88 valence electrons. The minimum Gasteiger partial charge on any atom is -0.493 e. The third-order valence-electron chi connectivity index (χ3n) is 1.88. The standard InChI is InChI=1S/C10H13BrN2O3/c1-7-6-8(2-3-9(7)11)15-5-4-10(14)16-13-12/h2-3,6,13H,4-5,12H2,1H3. The SMILES string of the molecule is Cc1cc(OCCC(=O)ONN)ccc1Br. The van der Waals surface area contributed by atoms with Crippen molar-refractivity contribution < 1.29 is 14.4 Å². The number of carbonyl (C=O) groups is 1. The lowest BCUT2D eigenvalue weighted by atomic mass is 10.2. The van der Waals surface area contributed by atoms with E-state index in [9.17, 15) is 4.79 Å². The number of rotatable bonds is 5. The number of carbonyl (C=O) groups excluding carboxylic acids is 1. The Kier molecular flexibility index (Phi) is 5.24. The van der Waals surface area contributed by atoms with E-state index in [1.165, 1.54) is 0 Å². The van der Waals surface area contributed by atoms with Gasteiger partial charge in [-0.3, -0.25) is 4.79 Å². The van der Waals surface area contributed by atoms with Gasteiger partial charge >= 0.3 is 5.97 Å². The van der Waals surface area contributed by atoms with Gasteiger partial charge in [-0.1, -0.05) is 21.5 Å². The zero-order chi connectivity index (χ0) is 12.0. The Morgan fingerprint density at radius 1 is 1.56 bits per heavy atom. The van der Waals surface area contributed by atoms with Crippen molar-refractivity contribution in [3.05, 3.63) is 28.2 Å². The molecule has 0 aliphatic carbocycles. The summed E-state index contributed by atoms with van der Waals surface area (Å²) >= 11 is 3.39. The van der Waals surface area contributed by atoms with Gasteiger partial charge in [0.05, 0.1) is 13.0 Å². The van der Waals surface area contributed by atoms with E-state index in [2.05, 4.69) is 20.8 Å². The number of nitrogens with two attached hydrogens (primary N) is 1. The molecule has 0 radical (unpaired) electrons. The number of aryl methyl sites for hydroxylation is 1. The highest BCUT2D eigenvalue weighted by Gasteiger charge is 2.03. The average Bonchev–Trinajstić information content (AvgIpc) is 2.24. The van der Waals surface area contributed by atoms with Gasteiger partial charge in [-0.05, 0) is 30.7 Å². The third kappa shape index (κ3) is 4.18. The molecule has 6 heteroatoms. The Morgan fingerprint density at radius 2 is 2.31 bits per heavy atom. The van der Waals surface area contributed by atoms with E-state index in [1.54, 1.807) is 0 Å². The molecule has 1 aromatic carbocycles. The van der Waals surface area contributed by atoms with Crippen LogP contribution in [-0.2, 0) is 9.63 Å². The average molecular weight is 289 g/mol. The molecule has 5 nitrogen and oxygen atoms in total. The molecule has 16 heavy (non-hydrogen) atoms. The molecule has 0 amide bonds. The largest absolute Gasteiger partial charge is 0.493 e. The fourth-order valence-corrected chi connectivity index (χ4v) is 1.32. The van der Waals surface area contributed by atoms with Gasteiger partial charge in [0.2, 0.25) is 0 Å². The van der Waals surface area contributed by atoms with Gasteiger partial charge in [-0.2, -0.15) is 0 Å². The van der Waals surface area contributed by atoms with Gasteiger partial charge in [-0.15, -0.1) is 0 Å². The summed E-state index contributed by atoms with van der Waals surface area (Å²) in [5, 5.41) is 0. The van der Waals surface area contributed by atoms with E-state index in [0.717, 1.165) is 10.0 Å². The van der Waals surface area contributed by atoms with Crippen LogP contribution in [-0.4, -0.2) is 12.6 Å². The fourth-order valence-electron chi connectivity index (χ4n) is 1.08. The predicted octanol–water partition coefficient (Wildman–Crippen LogP) is 1.45. The topological polar surface area (TPSA) is 73.6 Å². The lowest BCUT2D eigenvalue weighted by molar-refractivity contribution is -0.151. The normalized spacial score (nSPS) is 9.94. The molecule has 3 N–H and O–H groups in total. The molecule has 0 bridgehead atoms. The maximum absolute atomic E-state index is 10.9. The van der Waals surface area contributed by atoms with Crippen molar-refractivity contribution in [1.29, 1.82) is 0 Å². The Hall–Kier alpha value is -1.11. The van der Waals surface area contributed by atoms with Gasteiger partial charge in [0, 0.05) is 4.47 Å². The van der Waals surface area contributed by atoms with Crippen LogP contribution in [0.4, 0.5) is 0 Å². The van der Waals surface area contributed by atoms with Crippen molar-refractivity contribution in [3.63, 3.8) is 0 Å². The Morgan fingerprint density at radius 3 is 2.94 bits per heavy atom. The summed E-state index contributed by atoms with van der Waals surface area (Å²) in [6, 6.07) is 5.60. The van der Waals surface area contributed by atoms with Crippen molar-refractivity contribution in [2.24, 2.45) is 5.84 Å². The second-order valence-corrected chi connectivity index (χ2v) is 3.96. The maximum Gasteiger partial charge on any atom is 0.329 e. The van der Waals surface area contributed by atoms with Gasteiger partial charge in [-0.25, -0.2) is 5.84 Å². The first kappa shape index (κ1) is 13.0. The monoisotopic (exact) mass is 288 g/mol. The lowest BCUT2D eigenvalue weighted by Crippen LogP contribution is -2.26. The van der Waals surface area contributed by atoms with Crippen molar-refractivity contribution in [2.45, 2.75) is 13.3 Å². The van der Waals surface area contributed by atoms with Crippen LogP contribution in [0.2, 0.25) is 0 Å². The van der Waals surface area contributed by atoms with Crippen LogP contribution < -0.4 is 16.2 Å². The first-order valence-corrected chi connectivity index (χ1v) is 5.47. The van der Waals surface area contributed by atoms with E-state index < -0.39 is 5.97 Å². The second kappa shape index (κ2) is 6.47. The summed E-state index contributed by atoms with van der Waals surface area (Å²) in [6.07, 6.45) is 0.138. The van der Waals surface area contributed by atoms with E-state index in [4.69, 9.17) is 10.6 Å². The molecular formula is C10H13BrN2O3. The summed E-state index contributed by atoms with van der Waals surface area (Å²) in [5.74, 6) is 5.06. The van der Waals surface area contributed by atoms with E-state index in [0.29, 0.717) is 5.75 Å². The number of nitrogens with one attached hydrogen (secondary N) is 1. The van der Waals surface area contributed by atoms with Crippen LogP contribution in [0.3, 0.4) is 0 Å². The number of halogens is 1. The first-order valence-electron chi connectivity index (χ1n) is 4.67. The van der Waals surface area contributed by atoms with Crippen molar-refractivity contribution in [1.82, 2.24) is 5.59 Å². The third-order valence-corrected chi connectivity index (χ3v) is 2.77. The van der Waals surface area contributed by atoms with Crippen molar-refractivity contribution >= 4 is 21.9 Å². The second-order valence-electron chi connectivity index (χ2n) is 3.10. The van der Waals surface area contributed by atoms with Crippen LogP contribution in [0.1, 0.15) is 12.0 Å². The number of hydrazine groups is 1. The molecule has 0 saturated carbocycles. The molecule has 0 unspecified atom stereocenters. The molecule has 0 spiro atoms. The van der Waals surface area contributed by atoms with Gasteiger partial charge in [0.15, 0.2) is 0 Å². The molecular weight excluding hydrogens is 276 g/mol. The van der Waals surface area contributed by atoms with Crippen LogP contribution in [0.25, 0.3) is 0 Å². The number of ether oxygens (including phenoxy) is 1. The molecule has 0 aliphatic rings. The summed E-state index contributed by atoms with van der Waals surface area (Å²) in [5.41, 5.74) is 2.89. The first-order chi connectivity index (χ1) is 7.63. The Bertz CT molecular complexity index is 371. The molecule has 0 aliphatic heterocycles. The fraction of sp³-hybridized carbons (Fsp3) is 0.300. The zero-order valence-electron chi connectivity index (χ0n) is 8.83. The molecule has 0 atom stereocenters. The molecule has 0 aromatic heterocycles. The molecule has 0 heterocycles. The molecule has 1 aromatic rings. The summed E-state index contributed by atoms with van der Waals surface area (Å²) in [6.45, 7) is 2.21. The predicted molar refractivity (Wildman–Crippen MR) is 62.4 cm³/mol. The van der Waals surface area contributed by atoms with Crippen LogP contribution >= 0.6 is 15.9 Å². The highest BCUT2D eigenvalue weighted by molar-refractivity contribution is 9.10. The zero-order valence-corrected chi connectivity index (χ0v) is 10.4. The summed E-state index contributed by atoms with van der Waals surface area (Å²) in [7, 11) is 0. The quantitative estimate of drug-likeness (QED) is 0.634. The van der Waals surface area contributed by atoms with Crippen LogP contribution in [0, 0.1) is 6.92 Å². The van der Waals surface area contributed by atoms with E-state index >= 15 is 0 Å². The van der Waals surface area contributed by atoms with Crippen molar-refractivity contribution in [3.8, 4) is 5.75 Å². The molecule has 0 fully saturated rings. The number of hydrogen-bond acceptors (Lipinski definition) is 5. The number of hydrogen-bond donors (Lipinski definition) is 2. The molecule has 0 saturated heterocycles. The minimum atomic E-state index is -0.462. The lowest BCUT2D eigenvalue weighted by Gasteiger charge is -2.07. The van der Waals surface area contributed by atoms with E-state index in [1.807, 2.05) is 30.7 Å². The summed E-state index contributed by atoms with van der Waals surface area (Å²) < 4.78 is 6.39. The van der Waals surface area contributed by atoms with Gasteiger partial charge < -0.3 is 9.57 Å². The summed E-state index contributed by atoms with van der Waals surface area (Å²) in [4.78, 5) is 15.2. The van der Waals surface area contributed by atoms with Crippen LogP contribution in [0.15, 0.2) is 22.7 Å². The van der Waals surface area contributed by atoms with E-state index in [-0.39, 0.29) is 13.0 Å². The highest BCUT2D eigenvalue weighted by Crippen LogP contribution is 2.21. The van der Waals surface area contributed by atoms with Gasteiger partial charge in [0.25, 0.3) is 0 Å².